The maximum atomic E-state index is 12.8. The fraction of sp³-hybridized carbons (Fsp3) is 0.600. The van der Waals surface area contributed by atoms with Gasteiger partial charge in [0.15, 0.2) is 0 Å². The van der Waals surface area contributed by atoms with E-state index >= 15 is 0 Å². The van der Waals surface area contributed by atoms with Gasteiger partial charge < -0.3 is 20.4 Å². The van der Waals surface area contributed by atoms with Crippen molar-refractivity contribution in [3.05, 3.63) is 35.9 Å². The highest BCUT2D eigenvalue weighted by Crippen LogP contribution is 2.24. The number of carbonyl (C=O) groups excluding carboxylic acids is 2. The number of nitrogens with zero attached hydrogens (tertiary/aromatic N) is 2. The molecule has 1 saturated carbocycles. The minimum Gasteiger partial charge on any atom is -0.335 e. The summed E-state index contributed by atoms with van der Waals surface area (Å²) in [6, 6.07) is 10.2. The smallest absolute Gasteiger partial charge is 0.315 e. The molecule has 2 fully saturated rings. The summed E-state index contributed by atoms with van der Waals surface area (Å²) in [5, 5.41) is 5.75. The highest BCUT2D eigenvalue weighted by molar-refractivity contribution is 5.84. The van der Waals surface area contributed by atoms with Crippen molar-refractivity contribution in [3.63, 3.8) is 0 Å². The van der Waals surface area contributed by atoms with Crippen LogP contribution in [0, 0.1) is 0 Å². The fourth-order valence-electron chi connectivity index (χ4n) is 3.92. The molecule has 6 nitrogen and oxygen atoms in total. The molecule has 2 aliphatic rings. The standard InChI is InChI=1S/C20H30N4O2/c1-23-12-13-24(18(15-23)16-8-4-2-5-9-16)19(25)14-21-20(26)22-17-10-6-3-7-11-17/h2,4-5,8-9,17-18H,3,6-7,10-15H2,1H3,(H2,21,22,26)/t18-/m1/s1. The maximum Gasteiger partial charge on any atom is 0.315 e. The lowest BCUT2D eigenvalue weighted by atomic mass is 9.96. The second kappa shape index (κ2) is 9.03. The average molecular weight is 358 g/mol. The van der Waals surface area contributed by atoms with Gasteiger partial charge in [-0.05, 0) is 25.5 Å². The van der Waals surface area contributed by atoms with E-state index in [1.165, 1.54) is 19.3 Å². The van der Waals surface area contributed by atoms with Crippen LogP contribution in [0.5, 0.6) is 0 Å². The molecule has 0 radical (unpaired) electrons. The highest BCUT2D eigenvalue weighted by atomic mass is 16.2. The molecule has 6 heteroatoms. The molecule has 0 bridgehead atoms. The molecule has 3 amide bonds. The number of benzene rings is 1. The summed E-state index contributed by atoms with van der Waals surface area (Å²) in [6.45, 7) is 2.39. The number of amides is 3. The molecular formula is C20H30N4O2. The van der Waals surface area contributed by atoms with Gasteiger partial charge in [-0.1, -0.05) is 49.6 Å². The van der Waals surface area contributed by atoms with Crippen LogP contribution in [0.4, 0.5) is 4.79 Å². The van der Waals surface area contributed by atoms with Gasteiger partial charge >= 0.3 is 6.03 Å². The largest absolute Gasteiger partial charge is 0.335 e. The molecule has 1 atom stereocenters. The van der Waals surface area contributed by atoms with Crippen LogP contribution in [0.1, 0.15) is 43.7 Å². The van der Waals surface area contributed by atoms with Gasteiger partial charge in [-0.3, -0.25) is 4.79 Å². The lowest BCUT2D eigenvalue weighted by Crippen LogP contribution is -2.53. The van der Waals surface area contributed by atoms with Gasteiger partial charge in [0.05, 0.1) is 12.6 Å². The second-order valence-electron chi connectivity index (χ2n) is 7.44. The quantitative estimate of drug-likeness (QED) is 0.867. The zero-order valence-electron chi connectivity index (χ0n) is 15.6. The molecule has 3 rings (SSSR count). The van der Waals surface area contributed by atoms with Gasteiger partial charge in [-0.15, -0.1) is 0 Å². The molecule has 1 aliphatic heterocycles. The fourth-order valence-corrected chi connectivity index (χ4v) is 3.92. The Balaban J connectivity index is 1.54. The molecule has 2 N–H and O–H groups in total. The number of rotatable bonds is 4. The molecule has 0 aromatic heterocycles. The molecule has 1 aromatic rings. The second-order valence-corrected chi connectivity index (χ2v) is 7.44. The SMILES string of the molecule is CN1CCN(C(=O)CNC(=O)NC2CCCCC2)[C@@H](c2ccccc2)C1. The van der Waals surface area contributed by atoms with E-state index in [1.807, 2.05) is 23.1 Å². The Morgan fingerprint density at radius 1 is 1.08 bits per heavy atom. The first-order valence-corrected chi connectivity index (χ1v) is 9.71. The topological polar surface area (TPSA) is 64.7 Å². The van der Waals surface area contributed by atoms with Crippen molar-refractivity contribution in [1.29, 1.82) is 0 Å². The first kappa shape index (κ1) is 18.7. The minimum atomic E-state index is -0.226. The third-order valence-electron chi connectivity index (χ3n) is 5.43. The van der Waals surface area contributed by atoms with Crippen molar-refractivity contribution in [2.45, 2.75) is 44.2 Å². The Kier molecular flexibility index (Phi) is 6.50. The molecule has 0 spiro atoms. The first-order chi connectivity index (χ1) is 12.6. The molecule has 26 heavy (non-hydrogen) atoms. The van der Waals surface area contributed by atoms with Crippen molar-refractivity contribution in [2.24, 2.45) is 0 Å². The predicted octanol–water partition coefficient (Wildman–Crippen LogP) is 2.13. The van der Waals surface area contributed by atoms with E-state index in [2.05, 4.69) is 34.7 Å². The summed E-state index contributed by atoms with van der Waals surface area (Å²) in [5.41, 5.74) is 1.14. The number of urea groups is 1. The molecule has 1 aromatic carbocycles. The van der Waals surface area contributed by atoms with Crippen LogP contribution in [0.3, 0.4) is 0 Å². The molecule has 1 heterocycles. The van der Waals surface area contributed by atoms with Gasteiger partial charge in [-0.2, -0.15) is 0 Å². The normalized spacial score (nSPS) is 22.0. The van der Waals surface area contributed by atoms with Crippen LogP contribution in [0.2, 0.25) is 0 Å². The summed E-state index contributed by atoms with van der Waals surface area (Å²) >= 11 is 0. The number of piperazine rings is 1. The zero-order chi connectivity index (χ0) is 18.4. The molecule has 142 valence electrons. The minimum absolute atomic E-state index is 0.0225. The van der Waals surface area contributed by atoms with Crippen molar-refractivity contribution in [1.82, 2.24) is 20.4 Å². The Bertz CT molecular complexity index is 601. The third kappa shape index (κ3) is 4.97. The van der Waals surface area contributed by atoms with E-state index in [0.717, 1.165) is 31.5 Å². The summed E-state index contributed by atoms with van der Waals surface area (Å²) in [5.74, 6) is -0.0225. The third-order valence-corrected chi connectivity index (χ3v) is 5.43. The van der Waals surface area contributed by atoms with E-state index in [9.17, 15) is 9.59 Å². The molecule has 0 unspecified atom stereocenters. The summed E-state index contributed by atoms with van der Waals surface area (Å²) in [7, 11) is 2.08. The van der Waals surface area contributed by atoms with Crippen LogP contribution in [0.15, 0.2) is 30.3 Å². The van der Waals surface area contributed by atoms with Crippen LogP contribution < -0.4 is 10.6 Å². The Morgan fingerprint density at radius 3 is 2.54 bits per heavy atom. The van der Waals surface area contributed by atoms with Crippen LogP contribution in [-0.4, -0.2) is 61.0 Å². The number of hydrogen-bond acceptors (Lipinski definition) is 3. The van der Waals surface area contributed by atoms with E-state index < -0.39 is 0 Å². The molecule has 1 saturated heterocycles. The number of carbonyl (C=O) groups is 2. The Morgan fingerprint density at radius 2 is 1.81 bits per heavy atom. The van der Waals surface area contributed by atoms with Gasteiger partial charge in [0.2, 0.25) is 5.91 Å². The lowest BCUT2D eigenvalue weighted by molar-refractivity contribution is -0.135. The summed E-state index contributed by atoms with van der Waals surface area (Å²) < 4.78 is 0. The van der Waals surface area contributed by atoms with Crippen molar-refractivity contribution in [2.75, 3.05) is 33.2 Å². The molecule has 1 aliphatic carbocycles. The summed E-state index contributed by atoms with van der Waals surface area (Å²) in [6.07, 6.45) is 5.67. The average Bonchev–Trinajstić information content (AvgIpc) is 2.67. The van der Waals surface area contributed by atoms with E-state index in [-0.39, 0.29) is 30.6 Å². The van der Waals surface area contributed by atoms with E-state index in [4.69, 9.17) is 0 Å². The van der Waals surface area contributed by atoms with E-state index in [1.54, 1.807) is 0 Å². The van der Waals surface area contributed by atoms with Crippen molar-refractivity contribution >= 4 is 11.9 Å². The molecular weight excluding hydrogens is 328 g/mol. The van der Waals surface area contributed by atoms with Crippen LogP contribution in [-0.2, 0) is 4.79 Å². The number of nitrogens with one attached hydrogen (secondary N) is 2. The van der Waals surface area contributed by atoms with Crippen LogP contribution in [0.25, 0.3) is 0 Å². The monoisotopic (exact) mass is 358 g/mol. The van der Waals surface area contributed by atoms with Gasteiger partial charge in [0.25, 0.3) is 0 Å². The Hall–Kier alpha value is -2.08. The lowest BCUT2D eigenvalue weighted by Gasteiger charge is -2.40. The summed E-state index contributed by atoms with van der Waals surface area (Å²) in [4.78, 5) is 29.0. The first-order valence-electron chi connectivity index (χ1n) is 9.71. The Labute approximate surface area is 155 Å². The van der Waals surface area contributed by atoms with Crippen molar-refractivity contribution < 1.29 is 9.59 Å². The predicted molar refractivity (Wildman–Crippen MR) is 102 cm³/mol. The van der Waals surface area contributed by atoms with Crippen LogP contribution >= 0.6 is 0 Å². The zero-order valence-corrected chi connectivity index (χ0v) is 15.6. The van der Waals surface area contributed by atoms with E-state index in [0.29, 0.717) is 6.54 Å². The van der Waals surface area contributed by atoms with Gasteiger partial charge in [0, 0.05) is 25.7 Å². The van der Waals surface area contributed by atoms with Gasteiger partial charge in [-0.25, -0.2) is 4.79 Å². The highest BCUT2D eigenvalue weighted by Gasteiger charge is 2.30. The number of hydrogen-bond donors (Lipinski definition) is 2. The van der Waals surface area contributed by atoms with Crippen molar-refractivity contribution in [3.8, 4) is 0 Å². The number of likely N-dealkylation sites (N-methyl/N-ethyl adjacent to an activating group) is 1. The van der Waals surface area contributed by atoms with Gasteiger partial charge in [0.1, 0.15) is 0 Å². The maximum absolute atomic E-state index is 12.8.